The first kappa shape index (κ1) is 14.1. The number of carbonyl (C=O) groups is 1. The molecule has 0 saturated heterocycles. The van der Waals surface area contributed by atoms with Crippen LogP contribution in [-0.2, 0) is 0 Å². The summed E-state index contributed by atoms with van der Waals surface area (Å²) in [7, 11) is 0. The molecule has 4 heteroatoms. The van der Waals surface area contributed by atoms with Crippen molar-refractivity contribution in [3.05, 3.63) is 75.4 Å². The second kappa shape index (κ2) is 5.47. The molecule has 0 aliphatic carbocycles. The standard InChI is InChI=1S/C17H11Cl2NO/c1-10-8-13(12-4-2-3-5-16(12)20-10)17(21)14-9-11(18)6-7-15(14)19/h2-9H,1H3. The fourth-order valence-electron chi connectivity index (χ4n) is 2.31. The zero-order valence-corrected chi connectivity index (χ0v) is 12.7. The number of pyridine rings is 1. The van der Waals surface area contributed by atoms with Crippen LogP contribution in [-0.4, -0.2) is 10.8 Å². The molecule has 0 N–H and O–H groups in total. The average Bonchev–Trinajstić information content (AvgIpc) is 2.48. The molecule has 104 valence electrons. The maximum atomic E-state index is 12.8. The Morgan fingerprint density at radius 1 is 1.00 bits per heavy atom. The monoisotopic (exact) mass is 315 g/mol. The highest BCUT2D eigenvalue weighted by Crippen LogP contribution is 2.26. The van der Waals surface area contributed by atoms with Crippen LogP contribution >= 0.6 is 23.2 Å². The van der Waals surface area contributed by atoms with Crippen molar-refractivity contribution in [2.45, 2.75) is 6.92 Å². The van der Waals surface area contributed by atoms with Gasteiger partial charge >= 0.3 is 0 Å². The summed E-state index contributed by atoms with van der Waals surface area (Å²) in [4.78, 5) is 17.3. The SMILES string of the molecule is Cc1cc(C(=O)c2cc(Cl)ccc2Cl)c2ccccc2n1. The molecular formula is C17H11Cl2NO. The van der Waals surface area contributed by atoms with E-state index in [1.807, 2.05) is 31.2 Å². The van der Waals surface area contributed by atoms with Gasteiger partial charge in [0.25, 0.3) is 0 Å². The van der Waals surface area contributed by atoms with E-state index in [0.717, 1.165) is 16.6 Å². The van der Waals surface area contributed by atoms with Crippen LogP contribution in [0.1, 0.15) is 21.6 Å². The van der Waals surface area contributed by atoms with E-state index in [4.69, 9.17) is 23.2 Å². The van der Waals surface area contributed by atoms with Crippen LogP contribution in [0, 0.1) is 6.92 Å². The number of nitrogens with zero attached hydrogens (tertiary/aromatic N) is 1. The van der Waals surface area contributed by atoms with Gasteiger partial charge in [-0.15, -0.1) is 0 Å². The average molecular weight is 316 g/mol. The molecule has 0 unspecified atom stereocenters. The van der Waals surface area contributed by atoms with E-state index < -0.39 is 0 Å². The van der Waals surface area contributed by atoms with Gasteiger partial charge < -0.3 is 0 Å². The van der Waals surface area contributed by atoms with Gasteiger partial charge in [-0.1, -0.05) is 41.4 Å². The Balaban J connectivity index is 2.24. The van der Waals surface area contributed by atoms with Crippen LogP contribution in [0.2, 0.25) is 10.0 Å². The van der Waals surface area contributed by atoms with Gasteiger partial charge in [0.1, 0.15) is 0 Å². The molecule has 0 amide bonds. The van der Waals surface area contributed by atoms with E-state index in [2.05, 4.69) is 4.98 Å². The van der Waals surface area contributed by atoms with Crippen molar-refractivity contribution in [3.63, 3.8) is 0 Å². The summed E-state index contributed by atoms with van der Waals surface area (Å²) in [6, 6.07) is 14.2. The fourth-order valence-corrected chi connectivity index (χ4v) is 2.69. The van der Waals surface area contributed by atoms with Gasteiger partial charge in [0, 0.05) is 27.2 Å². The number of aryl methyl sites for hydroxylation is 1. The number of hydrogen-bond acceptors (Lipinski definition) is 2. The van der Waals surface area contributed by atoms with Gasteiger partial charge in [0.2, 0.25) is 0 Å². The number of rotatable bonds is 2. The van der Waals surface area contributed by atoms with Gasteiger partial charge in [-0.25, -0.2) is 0 Å². The highest BCUT2D eigenvalue weighted by Gasteiger charge is 2.17. The lowest BCUT2D eigenvalue weighted by molar-refractivity contribution is 0.104. The third kappa shape index (κ3) is 2.65. The molecule has 0 aliphatic heterocycles. The maximum absolute atomic E-state index is 12.8. The number of benzene rings is 2. The number of hydrogen-bond donors (Lipinski definition) is 0. The Labute approximate surface area is 132 Å². The quantitative estimate of drug-likeness (QED) is 0.617. The normalized spacial score (nSPS) is 10.8. The molecule has 2 nitrogen and oxygen atoms in total. The molecule has 21 heavy (non-hydrogen) atoms. The zero-order valence-electron chi connectivity index (χ0n) is 11.2. The molecule has 3 rings (SSSR count). The number of halogens is 2. The minimum absolute atomic E-state index is 0.149. The van der Waals surface area contributed by atoms with E-state index in [-0.39, 0.29) is 5.78 Å². The minimum Gasteiger partial charge on any atom is -0.289 e. The molecule has 0 aliphatic rings. The van der Waals surface area contributed by atoms with Crippen LogP contribution in [0.4, 0.5) is 0 Å². The molecule has 0 bridgehead atoms. The van der Waals surface area contributed by atoms with Crippen molar-refractivity contribution >= 4 is 39.9 Å². The van der Waals surface area contributed by atoms with E-state index in [1.54, 1.807) is 24.3 Å². The molecule has 0 radical (unpaired) electrons. The van der Waals surface area contributed by atoms with Gasteiger partial charge in [-0.3, -0.25) is 9.78 Å². The lowest BCUT2D eigenvalue weighted by atomic mass is 9.99. The van der Waals surface area contributed by atoms with Crippen LogP contribution in [0.25, 0.3) is 10.9 Å². The molecule has 0 atom stereocenters. The van der Waals surface area contributed by atoms with Gasteiger partial charge in [0.05, 0.1) is 10.5 Å². The number of fused-ring (bicyclic) bond motifs is 1. The van der Waals surface area contributed by atoms with Crippen molar-refractivity contribution in [2.75, 3.05) is 0 Å². The molecule has 0 saturated carbocycles. The van der Waals surface area contributed by atoms with Crippen LogP contribution in [0.5, 0.6) is 0 Å². The fraction of sp³-hybridized carbons (Fsp3) is 0.0588. The maximum Gasteiger partial charge on any atom is 0.195 e. The molecule has 1 aromatic heterocycles. The van der Waals surface area contributed by atoms with E-state index >= 15 is 0 Å². The van der Waals surface area contributed by atoms with Crippen LogP contribution in [0.15, 0.2) is 48.5 Å². The second-order valence-electron chi connectivity index (χ2n) is 4.78. The number of para-hydroxylation sites is 1. The third-order valence-corrected chi connectivity index (χ3v) is 3.83. The molecule has 2 aromatic carbocycles. The topological polar surface area (TPSA) is 30.0 Å². The molecule has 0 spiro atoms. The summed E-state index contributed by atoms with van der Waals surface area (Å²) in [5, 5.41) is 1.69. The second-order valence-corrected chi connectivity index (χ2v) is 5.63. The predicted molar refractivity (Wildman–Crippen MR) is 86.4 cm³/mol. The summed E-state index contributed by atoms with van der Waals surface area (Å²) in [6.07, 6.45) is 0. The Hall–Kier alpha value is -1.90. The first-order chi connectivity index (χ1) is 10.1. The van der Waals surface area contributed by atoms with E-state index in [9.17, 15) is 4.79 Å². The van der Waals surface area contributed by atoms with E-state index in [0.29, 0.717) is 21.2 Å². The number of carbonyl (C=O) groups excluding carboxylic acids is 1. The molecule has 1 heterocycles. The third-order valence-electron chi connectivity index (χ3n) is 3.26. The summed E-state index contributed by atoms with van der Waals surface area (Å²) in [5.41, 5.74) is 2.57. The Morgan fingerprint density at radius 2 is 1.76 bits per heavy atom. The largest absolute Gasteiger partial charge is 0.289 e. The van der Waals surface area contributed by atoms with Gasteiger partial charge in [0.15, 0.2) is 5.78 Å². The summed E-state index contributed by atoms with van der Waals surface area (Å²) >= 11 is 12.1. The van der Waals surface area contributed by atoms with Crippen molar-refractivity contribution in [2.24, 2.45) is 0 Å². The first-order valence-electron chi connectivity index (χ1n) is 6.42. The summed E-state index contributed by atoms with van der Waals surface area (Å²) in [5.74, 6) is -0.149. The highest BCUT2D eigenvalue weighted by atomic mass is 35.5. The van der Waals surface area contributed by atoms with Gasteiger partial charge in [-0.05, 0) is 37.3 Å². The first-order valence-corrected chi connectivity index (χ1v) is 7.18. The smallest absolute Gasteiger partial charge is 0.195 e. The Bertz CT molecular complexity index is 859. The summed E-state index contributed by atoms with van der Waals surface area (Å²) < 4.78 is 0. The number of ketones is 1. The Morgan fingerprint density at radius 3 is 2.57 bits per heavy atom. The van der Waals surface area contributed by atoms with Crippen LogP contribution in [0.3, 0.4) is 0 Å². The van der Waals surface area contributed by atoms with Crippen LogP contribution < -0.4 is 0 Å². The number of aromatic nitrogens is 1. The molecule has 0 fully saturated rings. The lowest BCUT2D eigenvalue weighted by Crippen LogP contribution is -2.04. The lowest BCUT2D eigenvalue weighted by Gasteiger charge is -2.08. The van der Waals surface area contributed by atoms with E-state index in [1.165, 1.54) is 0 Å². The minimum atomic E-state index is -0.149. The zero-order chi connectivity index (χ0) is 15.0. The van der Waals surface area contributed by atoms with Gasteiger partial charge in [-0.2, -0.15) is 0 Å². The van der Waals surface area contributed by atoms with Crippen molar-refractivity contribution < 1.29 is 4.79 Å². The molecular weight excluding hydrogens is 305 g/mol. The predicted octanol–water partition coefficient (Wildman–Crippen LogP) is 5.08. The highest BCUT2D eigenvalue weighted by molar-refractivity contribution is 6.37. The van der Waals surface area contributed by atoms with Crippen molar-refractivity contribution in [1.82, 2.24) is 4.98 Å². The Kier molecular flexibility index (Phi) is 3.66. The van der Waals surface area contributed by atoms with Crippen molar-refractivity contribution in [1.29, 1.82) is 0 Å². The molecule has 3 aromatic rings. The summed E-state index contributed by atoms with van der Waals surface area (Å²) in [6.45, 7) is 1.86. The van der Waals surface area contributed by atoms with Crippen molar-refractivity contribution in [3.8, 4) is 0 Å².